The number of nitrogens with zero attached hydrogens (tertiary/aromatic N) is 2. The van der Waals surface area contributed by atoms with Crippen LogP contribution in [0.1, 0.15) is 28.6 Å². The van der Waals surface area contributed by atoms with Crippen LogP contribution in [-0.4, -0.2) is 66.0 Å². The van der Waals surface area contributed by atoms with Crippen molar-refractivity contribution in [3.05, 3.63) is 82.3 Å². The molecule has 0 aliphatic carbocycles. The van der Waals surface area contributed by atoms with Crippen molar-refractivity contribution in [1.82, 2.24) is 9.80 Å². The Kier molecular flexibility index (Phi) is 6.41. The maximum absolute atomic E-state index is 13.6. The lowest BCUT2D eigenvalue weighted by Crippen LogP contribution is -2.39. The monoisotopic (exact) mass is 480 g/mol. The number of Topliss-reactive ketones (excluding diaryl/α,β-unsaturated/α-hetero) is 1. The summed E-state index contributed by atoms with van der Waals surface area (Å²) in [6.07, 6.45) is 0.704. The molecule has 0 saturated carbocycles. The number of carbonyl (C=O) groups is 2. The second-order valence-electron chi connectivity index (χ2n) is 8.50. The predicted octanol–water partition coefficient (Wildman–Crippen LogP) is 4.39. The van der Waals surface area contributed by atoms with Gasteiger partial charge in [0.1, 0.15) is 5.58 Å². The van der Waals surface area contributed by atoms with Crippen LogP contribution >= 0.6 is 11.6 Å². The van der Waals surface area contributed by atoms with Crippen molar-refractivity contribution in [2.45, 2.75) is 12.5 Å². The molecule has 2 aromatic carbocycles. The second-order valence-corrected chi connectivity index (χ2v) is 8.94. The number of aliphatic hydroxyl groups excluding tert-OH is 1. The maximum Gasteiger partial charge on any atom is 0.290 e. The van der Waals surface area contributed by atoms with E-state index in [0.717, 1.165) is 25.0 Å². The van der Waals surface area contributed by atoms with Crippen LogP contribution in [0, 0.1) is 0 Å². The van der Waals surface area contributed by atoms with Gasteiger partial charge in [-0.1, -0.05) is 41.9 Å². The van der Waals surface area contributed by atoms with Crippen LogP contribution in [0.15, 0.2) is 70.3 Å². The number of aliphatic hydroxyl groups is 1. The van der Waals surface area contributed by atoms with Gasteiger partial charge in [0.25, 0.3) is 5.91 Å². The summed E-state index contributed by atoms with van der Waals surface area (Å²) in [4.78, 5) is 30.5. The lowest BCUT2D eigenvalue weighted by molar-refractivity contribution is -0.129. The number of amides is 1. The summed E-state index contributed by atoms with van der Waals surface area (Å²) in [6, 6.07) is 15.2. The Hall–Kier alpha value is -3.13. The highest BCUT2D eigenvalue weighted by Gasteiger charge is 2.44. The molecule has 0 spiro atoms. The molecule has 2 aliphatic rings. The van der Waals surface area contributed by atoms with E-state index in [-0.39, 0.29) is 11.3 Å². The Morgan fingerprint density at radius 3 is 2.53 bits per heavy atom. The molecule has 1 aromatic heterocycles. The fraction of sp³-hybridized carbons (Fsp3) is 0.308. The van der Waals surface area contributed by atoms with E-state index in [1.54, 1.807) is 41.3 Å². The van der Waals surface area contributed by atoms with Crippen LogP contribution in [0.5, 0.6) is 0 Å². The van der Waals surface area contributed by atoms with Crippen LogP contribution in [0.2, 0.25) is 5.02 Å². The van der Waals surface area contributed by atoms with E-state index in [9.17, 15) is 14.7 Å². The third kappa shape index (κ3) is 4.34. The molecule has 1 N–H and O–H groups in total. The third-order valence-corrected chi connectivity index (χ3v) is 6.61. The van der Waals surface area contributed by atoms with Gasteiger partial charge < -0.3 is 19.2 Å². The summed E-state index contributed by atoms with van der Waals surface area (Å²) in [7, 11) is 0. The SMILES string of the molecule is O=C(C1=C(O)C(=O)N(CCCN2CCOCC2)[C@@H]1c1ccc(Cl)cc1)c1cc2ccccc2o1. The van der Waals surface area contributed by atoms with Gasteiger partial charge in [-0.05, 0) is 36.2 Å². The molecule has 0 bridgehead atoms. The molecule has 34 heavy (non-hydrogen) atoms. The molecule has 8 heteroatoms. The summed E-state index contributed by atoms with van der Waals surface area (Å²) in [5, 5.41) is 12.2. The highest BCUT2D eigenvalue weighted by molar-refractivity contribution is 6.30. The van der Waals surface area contributed by atoms with Crippen LogP contribution in [0.25, 0.3) is 11.0 Å². The van der Waals surface area contributed by atoms with Crippen LogP contribution in [0.3, 0.4) is 0 Å². The van der Waals surface area contributed by atoms with Crippen LogP contribution in [-0.2, 0) is 9.53 Å². The normalized spacial score (nSPS) is 19.4. The molecular weight excluding hydrogens is 456 g/mol. The van der Waals surface area contributed by atoms with Gasteiger partial charge >= 0.3 is 0 Å². The number of morpholine rings is 1. The number of hydrogen-bond acceptors (Lipinski definition) is 6. The standard InChI is InChI=1S/C26H25ClN2O5/c27-19-8-6-17(7-9-19)23-22(24(30)21-16-18-4-1-2-5-20(18)34-21)25(31)26(32)29(23)11-3-10-28-12-14-33-15-13-28/h1-2,4-9,16,23,31H,3,10-15H2/t23-/m1/s1. The van der Waals surface area contributed by atoms with Gasteiger partial charge in [-0.25, -0.2) is 0 Å². The summed E-state index contributed by atoms with van der Waals surface area (Å²) in [5.41, 5.74) is 1.30. The minimum absolute atomic E-state index is 0.0257. The lowest BCUT2D eigenvalue weighted by Gasteiger charge is -2.30. The van der Waals surface area contributed by atoms with E-state index in [2.05, 4.69) is 4.90 Å². The third-order valence-electron chi connectivity index (χ3n) is 6.36. The Bertz CT molecular complexity index is 1210. The van der Waals surface area contributed by atoms with Crippen molar-refractivity contribution in [2.75, 3.05) is 39.4 Å². The minimum atomic E-state index is -0.727. The average Bonchev–Trinajstić information content (AvgIpc) is 3.40. The molecule has 3 heterocycles. The molecule has 1 amide bonds. The molecular formula is C26H25ClN2O5. The van der Waals surface area contributed by atoms with Gasteiger partial charge in [-0.3, -0.25) is 14.5 Å². The Labute approximate surface area is 202 Å². The van der Waals surface area contributed by atoms with Crippen molar-refractivity contribution < 1.29 is 23.8 Å². The van der Waals surface area contributed by atoms with E-state index in [1.807, 2.05) is 18.2 Å². The second kappa shape index (κ2) is 9.62. The van der Waals surface area contributed by atoms with Gasteiger partial charge in [0.15, 0.2) is 11.5 Å². The Morgan fingerprint density at radius 1 is 1.06 bits per heavy atom. The molecule has 5 rings (SSSR count). The zero-order chi connectivity index (χ0) is 23.7. The number of fused-ring (bicyclic) bond motifs is 1. The number of ether oxygens (including phenoxy) is 1. The zero-order valence-electron chi connectivity index (χ0n) is 18.6. The summed E-state index contributed by atoms with van der Waals surface area (Å²) >= 11 is 6.08. The first-order valence-electron chi connectivity index (χ1n) is 11.4. The highest BCUT2D eigenvalue weighted by atomic mass is 35.5. The van der Waals surface area contributed by atoms with E-state index >= 15 is 0 Å². The number of para-hydroxylation sites is 1. The molecule has 1 fully saturated rings. The first kappa shape index (κ1) is 22.7. The van der Waals surface area contributed by atoms with E-state index < -0.39 is 23.5 Å². The topological polar surface area (TPSA) is 83.2 Å². The van der Waals surface area contributed by atoms with Crippen molar-refractivity contribution >= 4 is 34.3 Å². The maximum atomic E-state index is 13.6. The van der Waals surface area contributed by atoms with Crippen LogP contribution in [0.4, 0.5) is 0 Å². The van der Waals surface area contributed by atoms with Crippen molar-refractivity contribution in [3.8, 4) is 0 Å². The molecule has 3 aromatic rings. The van der Waals surface area contributed by atoms with E-state index in [1.165, 1.54) is 0 Å². The molecule has 2 aliphatic heterocycles. The average molecular weight is 481 g/mol. The molecule has 0 radical (unpaired) electrons. The Morgan fingerprint density at radius 2 is 1.79 bits per heavy atom. The Balaban J connectivity index is 1.45. The zero-order valence-corrected chi connectivity index (χ0v) is 19.3. The first-order chi connectivity index (χ1) is 16.5. The number of rotatable bonds is 7. The van der Waals surface area contributed by atoms with Crippen molar-refractivity contribution in [3.63, 3.8) is 0 Å². The molecule has 0 unspecified atom stereocenters. The largest absolute Gasteiger partial charge is 0.503 e. The van der Waals surface area contributed by atoms with E-state index in [4.69, 9.17) is 20.8 Å². The smallest absolute Gasteiger partial charge is 0.290 e. The summed E-state index contributed by atoms with van der Waals surface area (Å²) in [6.45, 7) is 4.31. The number of furan rings is 1. The lowest BCUT2D eigenvalue weighted by atomic mass is 9.95. The number of hydrogen-bond donors (Lipinski definition) is 1. The fourth-order valence-electron chi connectivity index (χ4n) is 4.62. The molecule has 7 nitrogen and oxygen atoms in total. The van der Waals surface area contributed by atoms with Crippen molar-refractivity contribution in [1.29, 1.82) is 0 Å². The van der Waals surface area contributed by atoms with E-state index in [0.29, 0.717) is 42.3 Å². The number of halogens is 1. The van der Waals surface area contributed by atoms with Gasteiger partial charge in [0.05, 0.1) is 24.8 Å². The molecule has 1 saturated heterocycles. The van der Waals surface area contributed by atoms with Crippen molar-refractivity contribution in [2.24, 2.45) is 0 Å². The molecule has 176 valence electrons. The number of ketones is 1. The van der Waals surface area contributed by atoms with Crippen LogP contribution < -0.4 is 0 Å². The minimum Gasteiger partial charge on any atom is -0.503 e. The predicted molar refractivity (Wildman–Crippen MR) is 128 cm³/mol. The van der Waals surface area contributed by atoms with Gasteiger partial charge in [0.2, 0.25) is 5.78 Å². The molecule has 1 atom stereocenters. The van der Waals surface area contributed by atoms with Gasteiger partial charge in [0, 0.05) is 36.6 Å². The number of benzene rings is 2. The summed E-state index contributed by atoms with van der Waals surface area (Å²) < 4.78 is 11.2. The summed E-state index contributed by atoms with van der Waals surface area (Å²) in [5.74, 6) is -1.50. The number of carbonyl (C=O) groups excluding carboxylic acids is 2. The highest BCUT2D eigenvalue weighted by Crippen LogP contribution is 2.40. The quantitative estimate of drug-likeness (QED) is 0.505. The van der Waals surface area contributed by atoms with Gasteiger partial charge in [-0.15, -0.1) is 0 Å². The van der Waals surface area contributed by atoms with Gasteiger partial charge in [-0.2, -0.15) is 0 Å². The fourth-order valence-corrected chi connectivity index (χ4v) is 4.75. The first-order valence-corrected chi connectivity index (χ1v) is 11.7.